The summed E-state index contributed by atoms with van der Waals surface area (Å²) in [6.07, 6.45) is 5.03. The Balaban J connectivity index is 1.55. The molecule has 1 aliphatic carbocycles. The normalized spacial score (nSPS) is 25.7. The second-order valence-electron chi connectivity index (χ2n) is 6.52. The maximum atomic E-state index is 12.6. The maximum absolute atomic E-state index is 12.6. The predicted octanol–water partition coefficient (Wildman–Crippen LogP) is 2.22. The van der Waals surface area contributed by atoms with Crippen LogP contribution in [0.2, 0.25) is 0 Å². The number of hydrogen-bond donors (Lipinski definition) is 1. The molecule has 5 heteroatoms. The second kappa shape index (κ2) is 7.69. The lowest BCUT2D eigenvalue weighted by molar-refractivity contribution is 0.0315. The fourth-order valence-electron chi connectivity index (χ4n) is 3.70. The van der Waals surface area contributed by atoms with Crippen LogP contribution in [-0.4, -0.2) is 65.4 Å². The van der Waals surface area contributed by atoms with Crippen LogP contribution in [0, 0.1) is 0 Å². The zero-order chi connectivity index (χ0) is 16.2. The summed E-state index contributed by atoms with van der Waals surface area (Å²) in [5, 5.41) is 10.0. The first-order valence-electron chi connectivity index (χ1n) is 8.48. The number of rotatable bonds is 4. The molecule has 1 saturated heterocycles. The Labute approximate surface area is 142 Å². The molecule has 23 heavy (non-hydrogen) atoms. The predicted molar refractivity (Wildman–Crippen MR) is 94.8 cm³/mol. The molecule has 126 valence electrons. The average molecular weight is 334 g/mol. The molecule has 1 amide bonds. The summed E-state index contributed by atoms with van der Waals surface area (Å²) in [6.45, 7) is 3.26. The first kappa shape index (κ1) is 16.8. The van der Waals surface area contributed by atoms with Gasteiger partial charge in [-0.3, -0.25) is 9.69 Å². The van der Waals surface area contributed by atoms with E-state index in [4.69, 9.17) is 0 Å². The molecule has 2 fully saturated rings. The standard InChI is InChI=1S/C18H26N2O2S/c1-23-13-14-5-7-15(8-6-14)18(22)20-11-9-19(10-12-20)16-3-2-4-17(16)21/h5-8,16-17,21H,2-4,9-13H2,1H3/t16-,17+/m1/s1. The average Bonchev–Trinajstić information content (AvgIpc) is 3.01. The van der Waals surface area contributed by atoms with E-state index in [0.29, 0.717) is 6.04 Å². The summed E-state index contributed by atoms with van der Waals surface area (Å²) in [5.74, 6) is 1.11. The molecule has 1 heterocycles. The minimum atomic E-state index is -0.179. The van der Waals surface area contributed by atoms with E-state index in [0.717, 1.165) is 56.8 Å². The molecule has 3 rings (SSSR count). The lowest BCUT2D eigenvalue weighted by atomic mass is 10.1. The van der Waals surface area contributed by atoms with Crippen LogP contribution in [0.15, 0.2) is 24.3 Å². The van der Waals surface area contributed by atoms with Crippen molar-refractivity contribution in [2.24, 2.45) is 0 Å². The van der Waals surface area contributed by atoms with Gasteiger partial charge in [0.2, 0.25) is 0 Å². The van der Waals surface area contributed by atoms with Crippen molar-refractivity contribution >= 4 is 17.7 Å². The van der Waals surface area contributed by atoms with Gasteiger partial charge in [-0.05, 0) is 43.2 Å². The minimum absolute atomic E-state index is 0.132. The van der Waals surface area contributed by atoms with Crippen molar-refractivity contribution in [2.45, 2.75) is 37.2 Å². The Morgan fingerprint density at radius 3 is 2.43 bits per heavy atom. The Bertz CT molecular complexity index is 526. The molecule has 1 aliphatic heterocycles. The zero-order valence-corrected chi connectivity index (χ0v) is 14.6. The van der Waals surface area contributed by atoms with E-state index in [1.54, 1.807) is 11.8 Å². The van der Waals surface area contributed by atoms with Crippen LogP contribution in [0.25, 0.3) is 0 Å². The van der Waals surface area contributed by atoms with Crippen molar-refractivity contribution in [1.82, 2.24) is 9.80 Å². The van der Waals surface area contributed by atoms with Crippen LogP contribution in [-0.2, 0) is 5.75 Å². The quantitative estimate of drug-likeness (QED) is 0.917. The van der Waals surface area contributed by atoms with E-state index < -0.39 is 0 Å². The molecule has 4 nitrogen and oxygen atoms in total. The van der Waals surface area contributed by atoms with Gasteiger partial charge < -0.3 is 10.0 Å². The van der Waals surface area contributed by atoms with Gasteiger partial charge in [-0.25, -0.2) is 0 Å². The number of carbonyl (C=O) groups is 1. The van der Waals surface area contributed by atoms with Gasteiger partial charge >= 0.3 is 0 Å². The van der Waals surface area contributed by atoms with Crippen LogP contribution >= 0.6 is 11.8 Å². The lowest BCUT2D eigenvalue weighted by Gasteiger charge is -2.39. The number of aliphatic hydroxyl groups excluding tert-OH is 1. The molecule has 1 N–H and O–H groups in total. The number of thioether (sulfide) groups is 1. The number of piperazine rings is 1. The number of amides is 1. The molecule has 1 saturated carbocycles. The van der Waals surface area contributed by atoms with E-state index >= 15 is 0 Å². The van der Waals surface area contributed by atoms with Gasteiger partial charge in [0.25, 0.3) is 5.91 Å². The SMILES string of the molecule is CSCc1ccc(C(=O)N2CCN([C@@H]3CCC[C@@H]3O)CC2)cc1. The molecule has 2 aliphatic rings. The third-order valence-electron chi connectivity index (χ3n) is 5.03. The summed E-state index contributed by atoms with van der Waals surface area (Å²) >= 11 is 1.79. The number of benzene rings is 1. The van der Waals surface area contributed by atoms with Crippen molar-refractivity contribution in [3.05, 3.63) is 35.4 Å². The summed E-state index contributed by atoms with van der Waals surface area (Å²) in [4.78, 5) is 16.9. The summed E-state index contributed by atoms with van der Waals surface area (Å²) < 4.78 is 0. The Morgan fingerprint density at radius 1 is 1.17 bits per heavy atom. The summed E-state index contributed by atoms with van der Waals surface area (Å²) in [5.41, 5.74) is 2.04. The first-order valence-corrected chi connectivity index (χ1v) is 9.87. The zero-order valence-electron chi connectivity index (χ0n) is 13.8. The third-order valence-corrected chi connectivity index (χ3v) is 5.65. The van der Waals surface area contributed by atoms with Gasteiger partial charge in [0.05, 0.1) is 6.10 Å². The third kappa shape index (κ3) is 3.90. The first-order chi connectivity index (χ1) is 11.2. The fourth-order valence-corrected chi connectivity index (χ4v) is 4.22. The van der Waals surface area contributed by atoms with Gasteiger partial charge in [-0.15, -0.1) is 0 Å². The molecule has 0 aromatic heterocycles. The summed E-state index contributed by atoms with van der Waals surface area (Å²) in [7, 11) is 0. The largest absolute Gasteiger partial charge is 0.391 e. The second-order valence-corrected chi connectivity index (χ2v) is 7.39. The molecular weight excluding hydrogens is 308 g/mol. The molecule has 0 bridgehead atoms. The molecule has 2 atom stereocenters. The van der Waals surface area contributed by atoms with E-state index in [9.17, 15) is 9.90 Å². The van der Waals surface area contributed by atoms with Crippen LogP contribution in [0.1, 0.15) is 35.2 Å². The van der Waals surface area contributed by atoms with Gasteiger partial charge in [0.15, 0.2) is 0 Å². The highest BCUT2D eigenvalue weighted by Gasteiger charge is 2.33. The van der Waals surface area contributed by atoms with E-state index in [1.165, 1.54) is 5.56 Å². The van der Waals surface area contributed by atoms with Crippen LogP contribution in [0.3, 0.4) is 0 Å². The maximum Gasteiger partial charge on any atom is 0.253 e. The molecule has 1 aromatic rings. The molecule has 0 spiro atoms. The van der Waals surface area contributed by atoms with Crippen LogP contribution in [0.5, 0.6) is 0 Å². The van der Waals surface area contributed by atoms with Crippen molar-refractivity contribution in [2.75, 3.05) is 32.4 Å². The number of hydrogen-bond acceptors (Lipinski definition) is 4. The highest BCUT2D eigenvalue weighted by molar-refractivity contribution is 7.97. The van der Waals surface area contributed by atoms with Crippen LogP contribution in [0.4, 0.5) is 0 Å². The van der Waals surface area contributed by atoms with Gasteiger partial charge in [-0.2, -0.15) is 11.8 Å². The number of nitrogens with zero attached hydrogens (tertiary/aromatic N) is 2. The van der Waals surface area contributed by atoms with Crippen molar-refractivity contribution < 1.29 is 9.90 Å². The van der Waals surface area contributed by atoms with Gasteiger partial charge in [0.1, 0.15) is 0 Å². The van der Waals surface area contributed by atoms with E-state index in [1.807, 2.05) is 17.0 Å². The van der Waals surface area contributed by atoms with Gasteiger partial charge in [0, 0.05) is 43.5 Å². The van der Waals surface area contributed by atoms with E-state index in [2.05, 4.69) is 23.3 Å². The highest BCUT2D eigenvalue weighted by atomic mass is 32.2. The Morgan fingerprint density at radius 2 is 1.87 bits per heavy atom. The van der Waals surface area contributed by atoms with Gasteiger partial charge in [-0.1, -0.05) is 12.1 Å². The van der Waals surface area contributed by atoms with Crippen molar-refractivity contribution in [3.8, 4) is 0 Å². The topological polar surface area (TPSA) is 43.8 Å². The molecule has 1 aromatic carbocycles. The number of carbonyl (C=O) groups excluding carboxylic acids is 1. The highest BCUT2D eigenvalue weighted by Crippen LogP contribution is 2.25. The minimum Gasteiger partial charge on any atom is -0.391 e. The molecule has 0 unspecified atom stereocenters. The molecule has 0 radical (unpaired) electrons. The Hall–Kier alpha value is -1.04. The number of aliphatic hydroxyl groups is 1. The smallest absolute Gasteiger partial charge is 0.253 e. The van der Waals surface area contributed by atoms with Crippen LogP contribution < -0.4 is 0 Å². The lowest BCUT2D eigenvalue weighted by Crippen LogP contribution is -2.53. The Kier molecular flexibility index (Phi) is 5.62. The van der Waals surface area contributed by atoms with E-state index in [-0.39, 0.29) is 12.0 Å². The fraction of sp³-hybridized carbons (Fsp3) is 0.611. The van der Waals surface area contributed by atoms with Crippen molar-refractivity contribution in [3.63, 3.8) is 0 Å². The van der Waals surface area contributed by atoms with Crippen molar-refractivity contribution in [1.29, 1.82) is 0 Å². The monoisotopic (exact) mass is 334 g/mol. The molecular formula is C18H26N2O2S. The summed E-state index contributed by atoms with van der Waals surface area (Å²) in [6, 6.07) is 8.30.